The number of aromatic nitrogens is 1. The Morgan fingerprint density at radius 3 is 2.81 bits per heavy atom. The number of nitrogens with zero attached hydrogens (tertiary/aromatic N) is 2. The summed E-state index contributed by atoms with van der Waals surface area (Å²) in [5.41, 5.74) is 2.09. The molecule has 0 atom stereocenters. The molecule has 0 saturated heterocycles. The molecule has 2 N–H and O–H groups in total. The molecule has 5 nitrogen and oxygen atoms in total. The van der Waals surface area contributed by atoms with E-state index in [-0.39, 0.29) is 6.61 Å². The number of aliphatic hydroxyl groups is 1. The van der Waals surface area contributed by atoms with Crippen LogP contribution >= 0.6 is 0 Å². The lowest BCUT2D eigenvalue weighted by molar-refractivity contribution is 0.202. The minimum absolute atomic E-state index is 0.0945. The maximum absolute atomic E-state index is 9.31. The Hall–Kier alpha value is -1.69. The molecule has 0 unspecified atom stereocenters. The maximum Gasteiger partial charge on any atom is 0.133 e. The topological polar surface area (TPSA) is 57.6 Å². The zero-order chi connectivity index (χ0) is 15.1. The summed E-state index contributed by atoms with van der Waals surface area (Å²) in [4.78, 5) is 6.86. The molecule has 1 aromatic heterocycles. The van der Waals surface area contributed by atoms with Gasteiger partial charge in [-0.15, -0.1) is 0 Å². The number of aliphatic hydroxyl groups excluding tert-OH is 1. The summed E-state index contributed by atoms with van der Waals surface area (Å²) in [6.07, 6.45) is 0. The van der Waals surface area contributed by atoms with Gasteiger partial charge in [-0.05, 0) is 19.2 Å². The van der Waals surface area contributed by atoms with Crippen LogP contribution in [0, 0.1) is 0 Å². The molecule has 0 aliphatic heterocycles. The maximum atomic E-state index is 9.31. The van der Waals surface area contributed by atoms with Crippen molar-refractivity contribution < 1.29 is 9.84 Å². The number of methoxy groups -OCH3 is 1. The van der Waals surface area contributed by atoms with Crippen LogP contribution in [0.3, 0.4) is 0 Å². The highest BCUT2D eigenvalue weighted by Gasteiger charge is 2.13. The predicted molar refractivity (Wildman–Crippen MR) is 85.7 cm³/mol. The van der Waals surface area contributed by atoms with E-state index in [1.165, 1.54) is 0 Å². The van der Waals surface area contributed by atoms with Gasteiger partial charge in [0.05, 0.1) is 18.7 Å². The molecule has 0 aliphatic carbocycles. The van der Waals surface area contributed by atoms with Gasteiger partial charge >= 0.3 is 0 Å². The summed E-state index contributed by atoms with van der Waals surface area (Å²) in [6.45, 7) is 2.69. The van der Waals surface area contributed by atoms with Crippen LogP contribution in [0.15, 0.2) is 30.3 Å². The van der Waals surface area contributed by atoms with Crippen molar-refractivity contribution in [3.05, 3.63) is 35.9 Å². The summed E-state index contributed by atoms with van der Waals surface area (Å²) in [7, 11) is 3.60. The van der Waals surface area contributed by atoms with Gasteiger partial charge in [-0.3, -0.25) is 0 Å². The van der Waals surface area contributed by atoms with Crippen LogP contribution in [0.25, 0.3) is 10.9 Å². The number of rotatable bonds is 8. The second-order valence-electron chi connectivity index (χ2n) is 4.90. The molecule has 0 spiro atoms. The number of ether oxygens (including phenoxy) is 1. The van der Waals surface area contributed by atoms with Gasteiger partial charge in [0.15, 0.2) is 0 Å². The van der Waals surface area contributed by atoms with Crippen LogP contribution in [0.2, 0.25) is 0 Å². The number of nitrogens with one attached hydrogen (secondary N) is 1. The van der Waals surface area contributed by atoms with Crippen molar-refractivity contribution in [2.24, 2.45) is 0 Å². The highest BCUT2D eigenvalue weighted by atomic mass is 16.5. The Morgan fingerprint density at radius 1 is 1.29 bits per heavy atom. The third kappa shape index (κ3) is 3.91. The first-order valence-electron chi connectivity index (χ1n) is 7.18. The zero-order valence-electron chi connectivity index (χ0n) is 12.7. The van der Waals surface area contributed by atoms with Gasteiger partial charge in [-0.25, -0.2) is 4.98 Å². The van der Waals surface area contributed by atoms with E-state index in [9.17, 15) is 5.11 Å². The number of para-hydroxylation sites is 1. The van der Waals surface area contributed by atoms with Crippen molar-refractivity contribution in [2.45, 2.75) is 6.54 Å². The fourth-order valence-electron chi connectivity index (χ4n) is 2.39. The molecule has 0 saturated carbocycles. The number of pyridine rings is 1. The number of fused-ring (bicyclic) bond motifs is 1. The van der Waals surface area contributed by atoms with Crippen molar-refractivity contribution in [2.75, 3.05) is 45.4 Å². The molecule has 1 heterocycles. The quantitative estimate of drug-likeness (QED) is 0.769. The van der Waals surface area contributed by atoms with E-state index < -0.39 is 0 Å². The number of anilines is 1. The first kappa shape index (κ1) is 15.7. The van der Waals surface area contributed by atoms with Crippen molar-refractivity contribution >= 4 is 16.7 Å². The van der Waals surface area contributed by atoms with Gasteiger partial charge < -0.3 is 20.1 Å². The molecule has 0 fully saturated rings. The van der Waals surface area contributed by atoms with E-state index in [4.69, 9.17) is 9.72 Å². The number of hydrogen-bond donors (Lipinski definition) is 2. The lowest BCUT2D eigenvalue weighted by Gasteiger charge is -2.25. The van der Waals surface area contributed by atoms with E-state index in [1.54, 1.807) is 7.11 Å². The standard InChI is InChI=1S/C16H23N3O2/c1-17-12-14-11-13-5-3-4-6-15(13)18-16(14)19(7-9-20)8-10-21-2/h3-6,11,17,20H,7-10,12H2,1-2H3. The highest BCUT2D eigenvalue weighted by Crippen LogP contribution is 2.23. The van der Waals surface area contributed by atoms with Crippen LogP contribution in [0.5, 0.6) is 0 Å². The molecular formula is C16H23N3O2. The average Bonchev–Trinajstić information content (AvgIpc) is 2.51. The van der Waals surface area contributed by atoms with E-state index in [0.29, 0.717) is 19.7 Å². The predicted octanol–water partition coefficient (Wildman–Crippen LogP) is 1.40. The molecule has 2 aromatic rings. The minimum Gasteiger partial charge on any atom is -0.395 e. The normalized spacial score (nSPS) is 11.0. The molecule has 21 heavy (non-hydrogen) atoms. The number of benzene rings is 1. The highest BCUT2D eigenvalue weighted by molar-refractivity contribution is 5.81. The van der Waals surface area contributed by atoms with Crippen LogP contribution in [-0.4, -0.2) is 50.6 Å². The van der Waals surface area contributed by atoms with Crippen molar-refractivity contribution in [1.29, 1.82) is 0 Å². The molecule has 114 valence electrons. The summed E-state index contributed by atoms with van der Waals surface area (Å²) in [5.74, 6) is 0.911. The molecule has 2 rings (SSSR count). The molecule has 1 aromatic carbocycles. The molecule has 5 heteroatoms. The lowest BCUT2D eigenvalue weighted by atomic mass is 10.1. The molecule has 0 aliphatic rings. The SMILES string of the molecule is CNCc1cc2ccccc2nc1N(CCO)CCOC. The van der Waals surface area contributed by atoms with Crippen LogP contribution in [-0.2, 0) is 11.3 Å². The van der Waals surface area contributed by atoms with Crippen LogP contribution < -0.4 is 10.2 Å². The summed E-state index contributed by atoms with van der Waals surface area (Å²) < 4.78 is 5.16. The van der Waals surface area contributed by atoms with Crippen molar-refractivity contribution in [3.63, 3.8) is 0 Å². The monoisotopic (exact) mass is 289 g/mol. The number of hydrogen-bond acceptors (Lipinski definition) is 5. The first-order chi connectivity index (χ1) is 10.3. The second kappa shape index (κ2) is 7.93. The Balaban J connectivity index is 2.43. The van der Waals surface area contributed by atoms with Crippen LogP contribution in [0.4, 0.5) is 5.82 Å². The van der Waals surface area contributed by atoms with E-state index in [0.717, 1.165) is 28.8 Å². The molecule has 0 amide bonds. The smallest absolute Gasteiger partial charge is 0.133 e. The Labute approximate surface area is 125 Å². The third-order valence-corrected chi connectivity index (χ3v) is 3.38. The fourth-order valence-corrected chi connectivity index (χ4v) is 2.39. The first-order valence-corrected chi connectivity index (χ1v) is 7.18. The Kier molecular flexibility index (Phi) is 5.92. The summed E-state index contributed by atoms with van der Waals surface area (Å²) in [6, 6.07) is 10.2. The summed E-state index contributed by atoms with van der Waals surface area (Å²) in [5, 5.41) is 13.6. The third-order valence-electron chi connectivity index (χ3n) is 3.38. The fraction of sp³-hybridized carbons (Fsp3) is 0.438. The lowest BCUT2D eigenvalue weighted by Crippen LogP contribution is -2.32. The van der Waals surface area contributed by atoms with E-state index in [2.05, 4.69) is 22.3 Å². The molecular weight excluding hydrogens is 266 g/mol. The van der Waals surface area contributed by atoms with Gasteiger partial charge in [0.1, 0.15) is 5.82 Å². The van der Waals surface area contributed by atoms with Gasteiger partial charge in [-0.1, -0.05) is 18.2 Å². The summed E-state index contributed by atoms with van der Waals surface area (Å²) >= 11 is 0. The molecule has 0 bridgehead atoms. The Bertz CT molecular complexity index is 574. The van der Waals surface area contributed by atoms with Crippen LogP contribution in [0.1, 0.15) is 5.56 Å². The second-order valence-corrected chi connectivity index (χ2v) is 4.90. The van der Waals surface area contributed by atoms with Crippen molar-refractivity contribution in [1.82, 2.24) is 10.3 Å². The molecule has 0 radical (unpaired) electrons. The minimum atomic E-state index is 0.0945. The van der Waals surface area contributed by atoms with Crippen molar-refractivity contribution in [3.8, 4) is 0 Å². The van der Waals surface area contributed by atoms with Gasteiger partial charge in [0.2, 0.25) is 0 Å². The van der Waals surface area contributed by atoms with Gasteiger partial charge in [-0.2, -0.15) is 0 Å². The Morgan fingerprint density at radius 2 is 2.10 bits per heavy atom. The van der Waals surface area contributed by atoms with E-state index >= 15 is 0 Å². The zero-order valence-corrected chi connectivity index (χ0v) is 12.7. The largest absolute Gasteiger partial charge is 0.395 e. The van der Waals surface area contributed by atoms with E-state index in [1.807, 2.05) is 25.2 Å². The van der Waals surface area contributed by atoms with Gasteiger partial charge in [0, 0.05) is 37.7 Å². The van der Waals surface area contributed by atoms with Gasteiger partial charge in [0.25, 0.3) is 0 Å². The average molecular weight is 289 g/mol.